The molecule has 34 heavy (non-hydrogen) atoms. The van der Waals surface area contributed by atoms with E-state index in [-0.39, 0.29) is 24.6 Å². The number of nitrogens with zero attached hydrogens (tertiary/aromatic N) is 3. The second kappa shape index (κ2) is 12.1. The Morgan fingerprint density at radius 2 is 1.74 bits per heavy atom. The SMILES string of the molecule is CC[C@H](C)N(Cc1c(C)nn(-c2ccccc2)c1Oc1ccc(F)cc1)C[C@@H](O)COC(C)C. The molecule has 0 unspecified atom stereocenters. The van der Waals surface area contributed by atoms with Gasteiger partial charge in [0.25, 0.3) is 0 Å². The Bertz CT molecular complexity index is 1020. The number of ether oxygens (including phenoxy) is 2. The lowest BCUT2D eigenvalue weighted by atomic mass is 10.1. The largest absolute Gasteiger partial charge is 0.439 e. The summed E-state index contributed by atoms with van der Waals surface area (Å²) in [6.07, 6.45) is 0.383. The van der Waals surface area contributed by atoms with Crippen LogP contribution < -0.4 is 4.74 Å². The van der Waals surface area contributed by atoms with Crippen LogP contribution in [0.2, 0.25) is 0 Å². The number of hydrogen-bond acceptors (Lipinski definition) is 5. The number of aryl methyl sites for hydroxylation is 1. The molecular weight excluding hydrogens is 433 g/mol. The van der Waals surface area contributed by atoms with Crippen LogP contribution in [0.25, 0.3) is 5.69 Å². The molecule has 0 fully saturated rings. The Kier molecular flexibility index (Phi) is 9.21. The Labute approximate surface area is 201 Å². The maximum Gasteiger partial charge on any atom is 0.227 e. The van der Waals surface area contributed by atoms with Gasteiger partial charge in [-0.2, -0.15) is 5.10 Å². The van der Waals surface area contributed by atoms with Crippen molar-refractivity contribution in [1.82, 2.24) is 14.7 Å². The lowest BCUT2D eigenvalue weighted by molar-refractivity contribution is -0.0150. The third-order valence-corrected chi connectivity index (χ3v) is 5.81. The van der Waals surface area contributed by atoms with Gasteiger partial charge >= 0.3 is 0 Å². The van der Waals surface area contributed by atoms with Crippen LogP contribution in [0.5, 0.6) is 11.6 Å². The fourth-order valence-electron chi connectivity index (χ4n) is 3.67. The molecule has 2 aromatic carbocycles. The highest BCUT2D eigenvalue weighted by Crippen LogP contribution is 2.32. The van der Waals surface area contributed by atoms with Crippen molar-refractivity contribution in [3.8, 4) is 17.3 Å². The van der Waals surface area contributed by atoms with Crippen LogP contribution in [-0.4, -0.2) is 51.2 Å². The molecule has 0 bridgehead atoms. The van der Waals surface area contributed by atoms with Gasteiger partial charge in [-0.05, 0) is 70.5 Å². The van der Waals surface area contributed by atoms with Gasteiger partial charge in [-0.25, -0.2) is 9.07 Å². The lowest BCUT2D eigenvalue weighted by Gasteiger charge is -2.30. The first-order valence-electron chi connectivity index (χ1n) is 11.9. The van der Waals surface area contributed by atoms with Crippen molar-refractivity contribution in [2.45, 2.75) is 65.8 Å². The van der Waals surface area contributed by atoms with Gasteiger partial charge < -0.3 is 14.6 Å². The van der Waals surface area contributed by atoms with E-state index in [1.54, 1.807) is 16.8 Å². The molecule has 0 spiro atoms. The predicted molar refractivity (Wildman–Crippen MR) is 132 cm³/mol. The first-order chi connectivity index (χ1) is 16.3. The first-order valence-corrected chi connectivity index (χ1v) is 11.9. The van der Waals surface area contributed by atoms with Crippen LogP contribution in [0.15, 0.2) is 54.6 Å². The van der Waals surface area contributed by atoms with Crippen molar-refractivity contribution < 1.29 is 19.0 Å². The molecule has 3 aromatic rings. The zero-order valence-corrected chi connectivity index (χ0v) is 20.7. The number of benzene rings is 2. The summed E-state index contributed by atoms with van der Waals surface area (Å²) in [5.41, 5.74) is 2.63. The summed E-state index contributed by atoms with van der Waals surface area (Å²) in [4.78, 5) is 2.23. The minimum atomic E-state index is -0.609. The van der Waals surface area contributed by atoms with Crippen molar-refractivity contribution in [1.29, 1.82) is 0 Å². The van der Waals surface area contributed by atoms with E-state index in [0.29, 0.717) is 24.7 Å². The molecule has 7 heteroatoms. The van der Waals surface area contributed by atoms with Crippen molar-refractivity contribution in [3.05, 3.63) is 71.7 Å². The molecule has 0 aliphatic heterocycles. The number of aliphatic hydroxyl groups is 1. The van der Waals surface area contributed by atoms with E-state index in [1.165, 1.54) is 12.1 Å². The molecule has 1 heterocycles. The van der Waals surface area contributed by atoms with Crippen LogP contribution in [0.4, 0.5) is 4.39 Å². The molecule has 6 nitrogen and oxygen atoms in total. The Morgan fingerprint density at radius 3 is 2.35 bits per heavy atom. The molecule has 0 saturated carbocycles. The smallest absolute Gasteiger partial charge is 0.227 e. The average Bonchev–Trinajstić information content (AvgIpc) is 3.13. The fraction of sp³-hybridized carbons (Fsp3) is 0.444. The minimum absolute atomic E-state index is 0.0637. The van der Waals surface area contributed by atoms with Crippen molar-refractivity contribution in [3.63, 3.8) is 0 Å². The number of para-hydroxylation sites is 1. The van der Waals surface area contributed by atoms with Gasteiger partial charge in [0, 0.05) is 19.1 Å². The van der Waals surface area contributed by atoms with Gasteiger partial charge in [0.1, 0.15) is 11.6 Å². The number of rotatable bonds is 12. The third kappa shape index (κ3) is 6.88. The van der Waals surface area contributed by atoms with Crippen molar-refractivity contribution in [2.24, 2.45) is 0 Å². The first kappa shape index (κ1) is 25.9. The fourth-order valence-corrected chi connectivity index (χ4v) is 3.67. The number of aromatic nitrogens is 2. The van der Waals surface area contributed by atoms with Gasteiger partial charge in [-0.3, -0.25) is 4.90 Å². The summed E-state index contributed by atoms with van der Waals surface area (Å²) >= 11 is 0. The normalized spacial score (nSPS) is 13.4. The Balaban J connectivity index is 1.95. The van der Waals surface area contributed by atoms with E-state index in [4.69, 9.17) is 14.6 Å². The van der Waals surface area contributed by atoms with Gasteiger partial charge in [-0.1, -0.05) is 25.1 Å². The summed E-state index contributed by atoms with van der Waals surface area (Å²) in [5, 5.41) is 15.4. The molecule has 0 aliphatic carbocycles. The highest BCUT2D eigenvalue weighted by molar-refractivity contribution is 5.43. The molecule has 1 aromatic heterocycles. The van der Waals surface area contributed by atoms with Gasteiger partial charge in [0.05, 0.1) is 35.8 Å². The summed E-state index contributed by atoms with van der Waals surface area (Å²) in [5.74, 6) is 0.789. The number of hydrogen-bond donors (Lipinski definition) is 1. The summed E-state index contributed by atoms with van der Waals surface area (Å²) in [7, 11) is 0. The summed E-state index contributed by atoms with van der Waals surface area (Å²) < 4.78 is 27.2. The number of aliphatic hydroxyl groups excluding tert-OH is 1. The van der Waals surface area contributed by atoms with Gasteiger partial charge in [-0.15, -0.1) is 0 Å². The third-order valence-electron chi connectivity index (χ3n) is 5.81. The van der Waals surface area contributed by atoms with E-state index in [9.17, 15) is 9.50 Å². The van der Waals surface area contributed by atoms with Crippen molar-refractivity contribution in [2.75, 3.05) is 13.2 Å². The molecular formula is C27H36FN3O3. The number of halogens is 1. The maximum absolute atomic E-state index is 13.5. The summed E-state index contributed by atoms with van der Waals surface area (Å²) in [6.45, 7) is 11.4. The molecule has 1 N–H and O–H groups in total. The lowest BCUT2D eigenvalue weighted by Crippen LogP contribution is -2.40. The van der Waals surface area contributed by atoms with Crippen LogP contribution in [0.3, 0.4) is 0 Å². The predicted octanol–water partition coefficient (Wildman–Crippen LogP) is 5.50. The van der Waals surface area contributed by atoms with Gasteiger partial charge in [0.2, 0.25) is 5.88 Å². The standard InChI is InChI=1S/C27H36FN3O3/c1-6-20(4)30(16-24(32)18-33-19(2)3)17-26-21(5)29-31(23-10-8-7-9-11-23)27(26)34-25-14-12-22(28)13-15-25/h7-15,19-20,24,32H,6,16-18H2,1-5H3/t20-,24+/m0/s1. The van der Waals surface area contributed by atoms with E-state index >= 15 is 0 Å². The molecule has 0 radical (unpaired) electrons. The van der Waals surface area contributed by atoms with E-state index in [2.05, 4.69) is 18.7 Å². The van der Waals surface area contributed by atoms with E-state index in [1.807, 2.05) is 51.1 Å². The van der Waals surface area contributed by atoms with Crippen LogP contribution in [0.1, 0.15) is 45.4 Å². The summed E-state index contributed by atoms with van der Waals surface area (Å²) in [6, 6.07) is 16.0. The highest BCUT2D eigenvalue weighted by atomic mass is 19.1. The second-order valence-corrected chi connectivity index (χ2v) is 8.90. The zero-order chi connectivity index (χ0) is 24.7. The van der Waals surface area contributed by atoms with Crippen LogP contribution in [-0.2, 0) is 11.3 Å². The van der Waals surface area contributed by atoms with Crippen LogP contribution >= 0.6 is 0 Å². The van der Waals surface area contributed by atoms with Crippen LogP contribution in [0, 0.1) is 12.7 Å². The molecule has 184 valence electrons. The molecule has 0 aliphatic rings. The topological polar surface area (TPSA) is 59.8 Å². The molecule has 0 saturated heterocycles. The Morgan fingerprint density at radius 1 is 1.06 bits per heavy atom. The molecule has 0 amide bonds. The average molecular weight is 470 g/mol. The van der Waals surface area contributed by atoms with Crippen molar-refractivity contribution >= 4 is 0 Å². The maximum atomic E-state index is 13.5. The minimum Gasteiger partial charge on any atom is -0.439 e. The van der Waals surface area contributed by atoms with Gasteiger partial charge in [0.15, 0.2) is 0 Å². The quantitative estimate of drug-likeness (QED) is 0.380. The second-order valence-electron chi connectivity index (χ2n) is 8.90. The molecule has 2 atom stereocenters. The highest BCUT2D eigenvalue weighted by Gasteiger charge is 2.25. The Hall–Kier alpha value is -2.74. The zero-order valence-electron chi connectivity index (χ0n) is 20.7. The molecule has 3 rings (SSSR count). The van der Waals surface area contributed by atoms with E-state index < -0.39 is 6.10 Å². The monoisotopic (exact) mass is 469 g/mol. The van der Waals surface area contributed by atoms with E-state index in [0.717, 1.165) is 23.4 Å².